The molecule has 0 amide bonds. The van der Waals surface area contributed by atoms with Crippen LogP contribution in [0.1, 0.15) is 26.8 Å². The minimum absolute atomic E-state index is 0.0285. The zero-order valence-electron chi connectivity index (χ0n) is 13.0. The third kappa shape index (κ3) is 3.92. The average Bonchev–Trinajstić information content (AvgIpc) is 3.29. The Balaban J connectivity index is 1.63. The van der Waals surface area contributed by atoms with Crippen LogP contribution in [0.15, 0.2) is 46.2 Å². The maximum absolute atomic E-state index is 12.9. The summed E-state index contributed by atoms with van der Waals surface area (Å²) in [6.45, 7) is -0.140. The molecule has 3 rings (SSSR count). The number of ether oxygens (including phenoxy) is 2. The fraction of sp³-hybridized carbons (Fsp3) is 0.118. The molecule has 0 saturated carbocycles. The second-order valence-electron chi connectivity index (χ2n) is 4.88. The van der Waals surface area contributed by atoms with Crippen LogP contribution in [0.3, 0.4) is 0 Å². The van der Waals surface area contributed by atoms with Gasteiger partial charge in [-0.25, -0.2) is 19.0 Å². The molecule has 0 fully saturated rings. The number of nitrogens with zero attached hydrogens (tertiary/aromatic N) is 1. The number of aromatic nitrogens is 1. The van der Waals surface area contributed by atoms with Crippen molar-refractivity contribution >= 4 is 23.3 Å². The molecule has 0 spiro atoms. The second-order valence-corrected chi connectivity index (χ2v) is 5.74. The Hall–Kier alpha value is -3.00. The van der Waals surface area contributed by atoms with Gasteiger partial charge in [0.25, 0.3) is 0 Å². The summed E-state index contributed by atoms with van der Waals surface area (Å²) in [6, 6.07) is 8.77. The number of carbonyl (C=O) groups excluding carboxylic acids is 2. The molecule has 3 aromatic rings. The Morgan fingerprint density at radius 2 is 1.92 bits per heavy atom. The second kappa shape index (κ2) is 7.27. The first kappa shape index (κ1) is 16.8. The lowest BCUT2D eigenvalue weighted by atomic mass is 10.2. The summed E-state index contributed by atoms with van der Waals surface area (Å²) < 4.78 is 27.8. The van der Waals surface area contributed by atoms with Gasteiger partial charge in [0.05, 0.1) is 7.11 Å². The third-order valence-electron chi connectivity index (χ3n) is 3.20. The molecular formula is C17H12FNO5S. The highest BCUT2D eigenvalue weighted by Crippen LogP contribution is 2.24. The van der Waals surface area contributed by atoms with Crippen LogP contribution in [0.4, 0.5) is 4.39 Å². The van der Waals surface area contributed by atoms with E-state index < -0.39 is 11.9 Å². The van der Waals surface area contributed by atoms with Crippen molar-refractivity contribution in [1.29, 1.82) is 0 Å². The predicted octanol–water partition coefficient (Wildman–Crippen LogP) is 3.69. The zero-order chi connectivity index (χ0) is 17.8. The number of furan rings is 1. The van der Waals surface area contributed by atoms with E-state index in [9.17, 15) is 14.0 Å². The van der Waals surface area contributed by atoms with Crippen molar-refractivity contribution < 1.29 is 27.9 Å². The Bertz CT molecular complexity index is 900. The Labute approximate surface area is 145 Å². The molecule has 0 atom stereocenters. The number of hydrogen-bond acceptors (Lipinski definition) is 7. The van der Waals surface area contributed by atoms with Crippen LogP contribution < -0.4 is 0 Å². The fourth-order valence-corrected chi connectivity index (χ4v) is 2.76. The first-order chi connectivity index (χ1) is 12.1. The summed E-state index contributed by atoms with van der Waals surface area (Å²) in [4.78, 5) is 27.5. The average molecular weight is 361 g/mol. The number of methoxy groups -OCH3 is 1. The number of benzene rings is 1. The van der Waals surface area contributed by atoms with E-state index in [2.05, 4.69) is 9.72 Å². The highest BCUT2D eigenvalue weighted by atomic mass is 32.1. The van der Waals surface area contributed by atoms with Gasteiger partial charge in [0.2, 0.25) is 5.76 Å². The minimum Gasteiger partial charge on any atom is -0.463 e. The van der Waals surface area contributed by atoms with Crippen LogP contribution in [0, 0.1) is 5.82 Å². The van der Waals surface area contributed by atoms with E-state index in [1.54, 1.807) is 17.5 Å². The maximum Gasteiger partial charge on any atom is 0.373 e. The van der Waals surface area contributed by atoms with Crippen molar-refractivity contribution in [2.75, 3.05) is 7.11 Å². The fourth-order valence-electron chi connectivity index (χ4n) is 1.97. The highest BCUT2D eigenvalue weighted by molar-refractivity contribution is 7.13. The molecule has 0 unspecified atom stereocenters. The van der Waals surface area contributed by atoms with E-state index in [4.69, 9.17) is 9.15 Å². The van der Waals surface area contributed by atoms with Crippen molar-refractivity contribution in [2.45, 2.75) is 6.61 Å². The number of halogens is 1. The zero-order valence-corrected chi connectivity index (χ0v) is 13.8. The molecule has 0 radical (unpaired) electrons. The molecule has 0 aliphatic carbocycles. The smallest absolute Gasteiger partial charge is 0.373 e. The first-order valence-corrected chi connectivity index (χ1v) is 8.00. The Morgan fingerprint density at radius 1 is 1.16 bits per heavy atom. The van der Waals surface area contributed by atoms with Crippen molar-refractivity contribution in [3.8, 4) is 10.6 Å². The molecule has 2 heterocycles. The van der Waals surface area contributed by atoms with Crippen molar-refractivity contribution in [3.05, 3.63) is 64.8 Å². The highest BCUT2D eigenvalue weighted by Gasteiger charge is 2.16. The summed E-state index contributed by atoms with van der Waals surface area (Å²) in [6.07, 6.45) is 0. The summed E-state index contributed by atoms with van der Waals surface area (Å²) >= 11 is 1.25. The number of rotatable bonds is 5. The van der Waals surface area contributed by atoms with Gasteiger partial charge in [0.15, 0.2) is 5.69 Å². The van der Waals surface area contributed by atoms with E-state index in [1.807, 2.05) is 0 Å². The predicted molar refractivity (Wildman–Crippen MR) is 86.7 cm³/mol. The molecule has 25 heavy (non-hydrogen) atoms. The standard InChI is InChI=1S/C17H12FNO5S/c1-22-17(21)14-7-6-12(24-14)8-23-16(20)13-9-25-15(19-13)10-2-4-11(18)5-3-10/h2-7,9H,8H2,1H3. The van der Waals surface area contributed by atoms with Gasteiger partial charge in [0.1, 0.15) is 23.2 Å². The van der Waals surface area contributed by atoms with Gasteiger partial charge in [-0.2, -0.15) is 0 Å². The van der Waals surface area contributed by atoms with Crippen LogP contribution >= 0.6 is 11.3 Å². The van der Waals surface area contributed by atoms with E-state index in [0.717, 1.165) is 0 Å². The molecule has 128 valence electrons. The van der Waals surface area contributed by atoms with Gasteiger partial charge < -0.3 is 13.9 Å². The Morgan fingerprint density at radius 3 is 2.64 bits per heavy atom. The Kier molecular flexibility index (Phi) is 4.90. The summed E-state index contributed by atoms with van der Waals surface area (Å²) in [5, 5.41) is 2.14. The van der Waals surface area contributed by atoms with Gasteiger partial charge in [-0.15, -0.1) is 11.3 Å². The molecular weight excluding hydrogens is 349 g/mol. The lowest BCUT2D eigenvalue weighted by Crippen LogP contribution is -2.05. The van der Waals surface area contributed by atoms with Crippen molar-refractivity contribution in [2.24, 2.45) is 0 Å². The molecule has 0 bridgehead atoms. The largest absolute Gasteiger partial charge is 0.463 e. The molecule has 1 aromatic carbocycles. The van der Waals surface area contributed by atoms with Gasteiger partial charge in [-0.05, 0) is 36.4 Å². The lowest BCUT2D eigenvalue weighted by Gasteiger charge is -2.00. The summed E-state index contributed by atoms with van der Waals surface area (Å²) in [7, 11) is 1.24. The first-order valence-electron chi connectivity index (χ1n) is 7.12. The molecule has 0 aliphatic rings. The quantitative estimate of drug-likeness (QED) is 0.645. The minimum atomic E-state index is -0.624. The van der Waals surface area contributed by atoms with Gasteiger partial charge >= 0.3 is 11.9 Å². The molecule has 0 aliphatic heterocycles. The van der Waals surface area contributed by atoms with Gasteiger partial charge in [-0.1, -0.05) is 0 Å². The van der Waals surface area contributed by atoms with Crippen LogP contribution in [0.2, 0.25) is 0 Å². The molecule has 6 nitrogen and oxygen atoms in total. The summed E-state index contributed by atoms with van der Waals surface area (Å²) in [5.41, 5.74) is 0.850. The van der Waals surface area contributed by atoms with Crippen molar-refractivity contribution in [3.63, 3.8) is 0 Å². The molecule has 2 aromatic heterocycles. The van der Waals surface area contributed by atoms with E-state index in [1.165, 1.54) is 42.7 Å². The van der Waals surface area contributed by atoms with Gasteiger partial charge in [-0.3, -0.25) is 0 Å². The van der Waals surface area contributed by atoms with Crippen LogP contribution in [0.5, 0.6) is 0 Å². The van der Waals surface area contributed by atoms with E-state index >= 15 is 0 Å². The normalized spacial score (nSPS) is 10.5. The van der Waals surface area contributed by atoms with Gasteiger partial charge in [0, 0.05) is 10.9 Å². The molecule has 0 saturated heterocycles. The van der Waals surface area contributed by atoms with E-state index in [0.29, 0.717) is 16.3 Å². The third-order valence-corrected chi connectivity index (χ3v) is 4.09. The molecule has 0 N–H and O–H groups in total. The SMILES string of the molecule is COC(=O)c1ccc(COC(=O)c2csc(-c3ccc(F)cc3)n2)o1. The van der Waals surface area contributed by atoms with Crippen LogP contribution in [0.25, 0.3) is 10.6 Å². The maximum atomic E-state index is 12.9. The topological polar surface area (TPSA) is 78.6 Å². The lowest BCUT2D eigenvalue weighted by molar-refractivity contribution is 0.0432. The van der Waals surface area contributed by atoms with Crippen molar-refractivity contribution in [1.82, 2.24) is 4.98 Å². The monoisotopic (exact) mass is 361 g/mol. The number of hydrogen-bond donors (Lipinski definition) is 0. The number of esters is 2. The number of carbonyl (C=O) groups is 2. The van der Waals surface area contributed by atoms with Crippen LogP contribution in [-0.2, 0) is 16.1 Å². The number of thiazole rings is 1. The summed E-state index contributed by atoms with van der Waals surface area (Å²) in [5.74, 6) is -1.24. The van der Waals surface area contributed by atoms with E-state index in [-0.39, 0.29) is 23.9 Å². The molecule has 8 heteroatoms. The van der Waals surface area contributed by atoms with Crippen LogP contribution in [-0.4, -0.2) is 24.0 Å².